The van der Waals surface area contributed by atoms with Crippen LogP contribution in [0, 0.1) is 5.41 Å². The van der Waals surface area contributed by atoms with Gasteiger partial charge >= 0.3 is 0 Å². The predicted octanol–water partition coefficient (Wildman–Crippen LogP) is 3.16. The lowest BCUT2D eigenvalue weighted by atomic mass is 9.56. The zero-order valence-corrected chi connectivity index (χ0v) is 23.2. The first-order chi connectivity index (χ1) is 16.1. The van der Waals surface area contributed by atoms with Gasteiger partial charge in [-0.1, -0.05) is 78.9 Å². The van der Waals surface area contributed by atoms with Gasteiger partial charge in [0.25, 0.3) is 0 Å². The van der Waals surface area contributed by atoms with E-state index in [1.54, 1.807) is 0 Å². The second-order valence-electron chi connectivity index (χ2n) is 9.77. The standard InChI is InChI=1S/C29H33INO2.BrH/c30-27-23-28(29(32,24-11-4-1-5-12-24)25-13-6-2-7-14-25)17-20-31(27,21-18-28)19-10-22-33-26-15-8-3-9-16-26;/h1-9,11-16,27,32H,10,17-23H2;1H/q+1;/p-1. The van der Waals surface area contributed by atoms with Crippen LogP contribution in [0.25, 0.3) is 0 Å². The molecule has 3 saturated heterocycles. The van der Waals surface area contributed by atoms with E-state index in [4.69, 9.17) is 4.74 Å². The molecule has 34 heavy (non-hydrogen) atoms. The topological polar surface area (TPSA) is 29.5 Å². The van der Waals surface area contributed by atoms with Gasteiger partial charge in [0.2, 0.25) is 0 Å². The summed E-state index contributed by atoms with van der Waals surface area (Å²) in [5.41, 5.74) is 0.949. The fourth-order valence-corrected chi connectivity index (χ4v) is 7.89. The summed E-state index contributed by atoms with van der Waals surface area (Å²) in [7, 11) is 0. The van der Waals surface area contributed by atoms with Gasteiger partial charge in [-0.2, -0.15) is 0 Å². The van der Waals surface area contributed by atoms with E-state index in [1.807, 2.05) is 42.5 Å². The smallest absolute Gasteiger partial charge is 0.140 e. The molecule has 0 aromatic heterocycles. The van der Waals surface area contributed by atoms with Gasteiger partial charge in [-0.25, -0.2) is 0 Å². The molecule has 180 valence electrons. The van der Waals surface area contributed by atoms with Crippen LogP contribution in [0.1, 0.15) is 36.8 Å². The molecule has 1 N–H and O–H groups in total. The van der Waals surface area contributed by atoms with Crippen molar-refractivity contribution in [2.24, 2.45) is 5.41 Å². The summed E-state index contributed by atoms with van der Waals surface area (Å²) < 4.78 is 7.63. The van der Waals surface area contributed by atoms with Gasteiger partial charge in [0.15, 0.2) is 0 Å². The number of aliphatic hydroxyl groups is 1. The average molecular weight is 634 g/mol. The van der Waals surface area contributed by atoms with Crippen LogP contribution in [-0.2, 0) is 5.60 Å². The second-order valence-corrected chi connectivity index (χ2v) is 11.2. The number of hydrogen-bond acceptors (Lipinski definition) is 2. The molecule has 3 heterocycles. The number of ether oxygens (including phenoxy) is 1. The first kappa shape index (κ1) is 25.7. The number of nitrogens with zero attached hydrogens (tertiary/aromatic N) is 1. The van der Waals surface area contributed by atoms with Crippen molar-refractivity contribution in [2.45, 2.75) is 35.3 Å². The Labute approximate surface area is 227 Å². The maximum atomic E-state index is 12.6. The molecule has 2 bridgehead atoms. The number of rotatable bonds is 8. The number of para-hydroxylation sites is 1. The van der Waals surface area contributed by atoms with Crippen molar-refractivity contribution < 1.29 is 31.3 Å². The maximum absolute atomic E-state index is 12.6. The van der Waals surface area contributed by atoms with Gasteiger partial charge in [0, 0.05) is 31.1 Å². The lowest BCUT2D eigenvalue weighted by molar-refractivity contribution is -0.952. The minimum Gasteiger partial charge on any atom is -1.00 e. The zero-order valence-electron chi connectivity index (χ0n) is 19.5. The van der Waals surface area contributed by atoms with Crippen molar-refractivity contribution >= 4 is 22.6 Å². The van der Waals surface area contributed by atoms with Crippen molar-refractivity contribution in [3.05, 3.63) is 102 Å². The van der Waals surface area contributed by atoms with Crippen LogP contribution in [0.5, 0.6) is 5.75 Å². The summed E-state index contributed by atoms with van der Waals surface area (Å²) in [5.74, 6) is 0.954. The molecule has 0 aliphatic carbocycles. The Morgan fingerprint density at radius 1 is 0.853 bits per heavy atom. The predicted molar refractivity (Wildman–Crippen MR) is 141 cm³/mol. The minimum atomic E-state index is -0.966. The molecule has 0 radical (unpaired) electrons. The Hall–Kier alpha value is -1.41. The van der Waals surface area contributed by atoms with Crippen LogP contribution in [-0.4, -0.2) is 39.9 Å². The van der Waals surface area contributed by atoms with E-state index in [9.17, 15) is 5.11 Å². The molecule has 3 aliphatic rings. The minimum absolute atomic E-state index is 0. The summed E-state index contributed by atoms with van der Waals surface area (Å²) in [4.78, 5) is 0. The summed E-state index contributed by atoms with van der Waals surface area (Å²) in [6.07, 6.45) is 4.19. The summed E-state index contributed by atoms with van der Waals surface area (Å²) >= 11 is 2.67. The monoisotopic (exact) mass is 633 g/mol. The first-order valence-corrected chi connectivity index (χ1v) is 13.3. The van der Waals surface area contributed by atoms with Crippen LogP contribution in [0.2, 0.25) is 0 Å². The molecule has 3 aromatic rings. The Morgan fingerprint density at radius 2 is 1.35 bits per heavy atom. The molecule has 1 unspecified atom stereocenters. The third kappa shape index (κ3) is 4.57. The fraction of sp³-hybridized carbons (Fsp3) is 0.379. The van der Waals surface area contributed by atoms with Crippen molar-refractivity contribution in [1.29, 1.82) is 0 Å². The highest BCUT2D eigenvalue weighted by atomic mass is 127. The summed E-state index contributed by atoms with van der Waals surface area (Å²) in [6.45, 7) is 4.16. The lowest BCUT2D eigenvalue weighted by Crippen LogP contribution is -3.00. The van der Waals surface area contributed by atoms with Crippen molar-refractivity contribution in [3.8, 4) is 5.75 Å². The Kier molecular flexibility index (Phi) is 8.07. The highest BCUT2D eigenvalue weighted by Crippen LogP contribution is 2.60. The lowest BCUT2D eigenvalue weighted by Gasteiger charge is -2.62. The molecule has 3 nitrogen and oxygen atoms in total. The molecular weight excluding hydrogens is 601 g/mol. The summed E-state index contributed by atoms with van der Waals surface area (Å²) in [6, 6.07) is 30.8. The number of benzene rings is 3. The number of quaternary nitrogens is 1. The number of piperidine rings is 3. The van der Waals surface area contributed by atoms with Crippen LogP contribution >= 0.6 is 22.6 Å². The van der Waals surface area contributed by atoms with E-state index in [-0.39, 0.29) is 22.4 Å². The van der Waals surface area contributed by atoms with E-state index in [0.717, 1.165) is 73.3 Å². The largest absolute Gasteiger partial charge is 1.00 e. The van der Waals surface area contributed by atoms with Gasteiger partial charge in [-0.15, -0.1) is 0 Å². The zero-order chi connectivity index (χ0) is 22.8. The molecule has 6 rings (SSSR count). The van der Waals surface area contributed by atoms with E-state index >= 15 is 0 Å². The van der Waals surface area contributed by atoms with Crippen LogP contribution in [0.3, 0.4) is 0 Å². The van der Waals surface area contributed by atoms with Gasteiger partial charge in [0.1, 0.15) is 15.4 Å². The fourth-order valence-electron chi connectivity index (χ4n) is 6.21. The molecule has 5 heteroatoms. The van der Waals surface area contributed by atoms with Gasteiger partial charge in [0.05, 0.1) is 26.2 Å². The molecule has 0 saturated carbocycles. The van der Waals surface area contributed by atoms with Crippen LogP contribution < -0.4 is 21.7 Å². The highest BCUT2D eigenvalue weighted by molar-refractivity contribution is 14.1. The van der Waals surface area contributed by atoms with Crippen molar-refractivity contribution in [2.75, 3.05) is 26.2 Å². The maximum Gasteiger partial charge on any atom is 0.140 e. The molecule has 1 atom stereocenters. The van der Waals surface area contributed by atoms with Crippen LogP contribution in [0.15, 0.2) is 91.0 Å². The number of halogens is 2. The molecule has 0 spiro atoms. The van der Waals surface area contributed by atoms with Gasteiger partial charge in [-0.3, -0.25) is 0 Å². The third-order valence-corrected chi connectivity index (χ3v) is 9.76. The van der Waals surface area contributed by atoms with E-state index < -0.39 is 5.60 Å². The SMILES string of the molecule is OC(c1ccccc1)(c1ccccc1)C12CC[N+](CCCOc3ccccc3)(CC1)C(I)C2.[Br-]. The molecule has 0 amide bonds. The Balaban J connectivity index is 0.00000274. The Morgan fingerprint density at radius 3 is 1.85 bits per heavy atom. The highest BCUT2D eigenvalue weighted by Gasteiger charge is 2.63. The number of fused-ring (bicyclic) bond motifs is 3. The molecule has 3 aliphatic heterocycles. The normalized spacial score (nSPS) is 26.0. The molecule has 3 fully saturated rings. The number of alkyl halides is 1. The van der Waals surface area contributed by atoms with E-state index in [1.165, 1.54) is 0 Å². The molecular formula is C29H33BrINO2. The van der Waals surface area contributed by atoms with Crippen molar-refractivity contribution in [1.82, 2.24) is 0 Å². The van der Waals surface area contributed by atoms with Gasteiger partial charge in [-0.05, 0) is 45.9 Å². The van der Waals surface area contributed by atoms with E-state index in [2.05, 4.69) is 71.1 Å². The number of hydrogen-bond donors (Lipinski definition) is 1. The van der Waals surface area contributed by atoms with Crippen molar-refractivity contribution in [3.63, 3.8) is 0 Å². The van der Waals surface area contributed by atoms with Gasteiger partial charge < -0.3 is 31.3 Å². The average Bonchev–Trinajstić information content (AvgIpc) is 2.89. The quantitative estimate of drug-likeness (QED) is 0.136. The Bertz CT molecular complexity index is 1000. The summed E-state index contributed by atoms with van der Waals surface area (Å²) in [5, 5.41) is 12.6. The molecule has 3 aromatic carbocycles. The first-order valence-electron chi connectivity index (χ1n) is 12.1. The second kappa shape index (κ2) is 10.7. The van der Waals surface area contributed by atoms with Crippen LogP contribution in [0.4, 0.5) is 0 Å². The van der Waals surface area contributed by atoms with E-state index in [0.29, 0.717) is 4.05 Å². The third-order valence-electron chi connectivity index (χ3n) is 8.14.